The second kappa shape index (κ2) is 10.4. The van der Waals surface area contributed by atoms with Crippen molar-refractivity contribution in [3.05, 3.63) is 54.1 Å². The number of hydrazine groups is 1. The summed E-state index contributed by atoms with van der Waals surface area (Å²) >= 11 is 0. The molecule has 0 amide bonds. The van der Waals surface area contributed by atoms with Crippen LogP contribution >= 0.6 is 0 Å². The summed E-state index contributed by atoms with van der Waals surface area (Å²) in [6.45, 7) is 2.90. The first-order valence-corrected chi connectivity index (χ1v) is 8.34. The first kappa shape index (κ1) is 19.7. The van der Waals surface area contributed by atoms with Gasteiger partial charge < -0.3 is 19.3 Å². The molecule has 2 rings (SSSR count). The average molecular weight is 359 g/mol. The molecule has 26 heavy (non-hydrogen) atoms. The van der Waals surface area contributed by atoms with Gasteiger partial charge in [-0.15, -0.1) is 0 Å². The van der Waals surface area contributed by atoms with Gasteiger partial charge in [-0.3, -0.25) is 5.01 Å². The highest BCUT2D eigenvalue weighted by atomic mass is 16.5. The molecule has 0 spiro atoms. The zero-order valence-corrected chi connectivity index (χ0v) is 15.1. The van der Waals surface area contributed by atoms with E-state index in [9.17, 15) is 0 Å². The Morgan fingerprint density at radius 2 is 1.73 bits per heavy atom. The highest BCUT2D eigenvalue weighted by Crippen LogP contribution is 2.20. The van der Waals surface area contributed by atoms with E-state index in [1.807, 2.05) is 55.5 Å². The van der Waals surface area contributed by atoms with Crippen molar-refractivity contribution in [2.45, 2.75) is 6.92 Å². The molecule has 2 aromatic rings. The number of anilines is 1. The summed E-state index contributed by atoms with van der Waals surface area (Å²) in [5.74, 6) is 8.29. The number of aliphatic imine (C=N–C) groups is 1. The van der Waals surface area contributed by atoms with Crippen LogP contribution in [0.25, 0.3) is 0 Å². The van der Waals surface area contributed by atoms with Gasteiger partial charge in [0.05, 0.1) is 19.4 Å². The van der Waals surface area contributed by atoms with E-state index in [4.69, 9.17) is 25.2 Å². The largest absolute Gasteiger partial charge is 0.497 e. The van der Waals surface area contributed by atoms with Crippen molar-refractivity contribution in [3.63, 3.8) is 0 Å². The molecule has 0 unspecified atom stereocenters. The minimum atomic E-state index is -0.0309. The lowest BCUT2D eigenvalue weighted by molar-refractivity contribution is 0.156. The Balaban J connectivity index is 2.25. The third-order valence-electron chi connectivity index (χ3n) is 3.56. The van der Waals surface area contributed by atoms with Crippen LogP contribution in [0.15, 0.2) is 53.5 Å². The van der Waals surface area contributed by atoms with Crippen LogP contribution in [0.5, 0.6) is 11.5 Å². The van der Waals surface area contributed by atoms with Crippen LogP contribution < -0.4 is 20.3 Å². The standard InChI is InChI=1S/C19H25N3O4/c1-3-25-14-21-19(15-4-8-18(9-5-15)26-13-12-23)22(20)16-6-10-17(24-2)11-7-16/h4-11,23H,3,12-14,20H2,1-2H3/b21-19-. The van der Waals surface area contributed by atoms with Gasteiger partial charge in [-0.05, 0) is 55.5 Å². The summed E-state index contributed by atoms with van der Waals surface area (Å²) in [7, 11) is 1.62. The van der Waals surface area contributed by atoms with Crippen LogP contribution in [0.3, 0.4) is 0 Å². The van der Waals surface area contributed by atoms with Crippen molar-refractivity contribution in [2.24, 2.45) is 10.8 Å². The zero-order chi connectivity index (χ0) is 18.8. The van der Waals surface area contributed by atoms with Crippen molar-refractivity contribution < 1.29 is 19.3 Å². The van der Waals surface area contributed by atoms with Gasteiger partial charge >= 0.3 is 0 Å². The van der Waals surface area contributed by atoms with Crippen molar-refractivity contribution in [1.82, 2.24) is 0 Å². The molecule has 2 aromatic carbocycles. The number of aliphatic hydroxyl groups is 1. The Morgan fingerprint density at radius 3 is 2.31 bits per heavy atom. The average Bonchev–Trinajstić information content (AvgIpc) is 2.70. The third kappa shape index (κ3) is 5.45. The molecular weight excluding hydrogens is 334 g/mol. The number of nitrogens with two attached hydrogens (primary N) is 1. The van der Waals surface area contributed by atoms with E-state index in [0.717, 1.165) is 17.0 Å². The molecule has 0 aliphatic carbocycles. The number of aliphatic hydroxyl groups excluding tert-OH is 1. The topological polar surface area (TPSA) is 89.5 Å². The fraction of sp³-hybridized carbons (Fsp3) is 0.316. The van der Waals surface area contributed by atoms with E-state index in [-0.39, 0.29) is 19.9 Å². The molecule has 0 aliphatic heterocycles. The highest BCUT2D eigenvalue weighted by Gasteiger charge is 2.13. The summed E-state index contributed by atoms with van der Waals surface area (Å²) in [6, 6.07) is 14.7. The SMILES string of the molecule is CCOC/N=C(/c1ccc(OCCO)cc1)N(N)c1ccc(OC)cc1. The number of hydrogen-bond acceptors (Lipinski definition) is 6. The van der Waals surface area contributed by atoms with E-state index in [1.54, 1.807) is 7.11 Å². The molecule has 0 atom stereocenters. The molecule has 7 nitrogen and oxygen atoms in total. The molecule has 0 saturated carbocycles. The fourth-order valence-electron chi connectivity index (χ4n) is 2.23. The number of benzene rings is 2. The maximum absolute atomic E-state index is 8.84. The maximum atomic E-state index is 8.84. The predicted molar refractivity (Wildman–Crippen MR) is 102 cm³/mol. The zero-order valence-electron chi connectivity index (χ0n) is 15.1. The molecule has 0 aliphatic rings. The van der Waals surface area contributed by atoms with Crippen LogP contribution in [0.2, 0.25) is 0 Å². The van der Waals surface area contributed by atoms with E-state index >= 15 is 0 Å². The van der Waals surface area contributed by atoms with Crippen LogP contribution in [0.1, 0.15) is 12.5 Å². The predicted octanol–water partition coefficient (Wildman–Crippen LogP) is 2.19. The Kier molecular flexibility index (Phi) is 7.88. The summed E-state index contributed by atoms with van der Waals surface area (Å²) in [5.41, 5.74) is 1.58. The Labute approximate surface area is 153 Å². The van der Waals surface area contributed by atoms with E-state index in [2.05, 4.69) is 4.99 Å². The smallest absolute Gasteiger partial charge is 0.152 e. The van der Waals surface area contributed by atoms with Crippen molar-refractivity contribution in [2.75, 3.05) is 38.7 Å². The van der Waals surface area contributed by atoms with Crippen molar-refractivity contribution in [3.8, 4) is 11.5 Å². The van der Waals surface area contributed by atoms with Gasteiger partial charge in [0, 0.05) is 12.2 Å². The molecular formula is C19H25N3O4. The first-order chi connectivity index (χ1) is 12.7. The van der Waals surface area contributed by atoms with Gasteiger partial charge in [0.15, 0.2) is 5.84 Å². The van der Waals surface area contributed by atoms with Gasteiger partial charge in [0.1, 0.15) is 24.8 Å². The van der Waals surface area contributed by atoms with Crippen molar-refractivity contribution in [1.29, 1.82) is 0 Å². The molecule has 0 bridgehead atoms. The molecule has 0 radical (unpaired) electrons. The normalized spacial score (nSPS) is 11.3. The Morgan fingerprint density at radius 1 is 1.08 bits per heavy atom. The van der Waals surface area contributed by atoms with Crippen LogP contribution in [0, 0.1) is 0 Å². The molecule has 0 saturated heterocycles. The highest BCUT2D eigenvalue weighted by molar-refractivity contribution is 6.09. The van der Waals surface area contributed by atoms with Gasteiger partial charge in [-0.2, -0.15) is 0 Å². The molecule has 0 heterocycles. The number of methoxy groups -OCH3 is 1. The minimum absolute atomic E-state index is 0.0309. The first-order valence-electron chi connectivity index (χ1n) is 8.34. The lowest BCUT2D eigenvalue weighted by atomic mass is 10.1. The second-order valence-corrected chi connectivity index (χ2v) is 5.27. The van der Waals surface area contributed by atoms with Gasteiger partial charge in [-0.1, -0.05) is 0 Å². The van der Waals surface area contributed by atoms with E-state index < -0.39 is 0 Å². The van der Waals surface area contributed by atoms with E-state index in [1.165, 1.54) is 5.01 Å². The molecule has 0 fully saturated rings. The molecule has 0 aromatic heterocycles. The number of hydrogen-bond donors (Lipinski definition) is 2. The van der Waals surface area contributed by atoms with Crippen molar-refractivity contribution >= 4 is 11.5 Å². The lowest BCUT2D eigenvalue weighted by Crippen LogP contribution is -2.38. The molecule has 140 valence electrons. The lowest BCUT2D eigenvalue weighted by Gasteiger charge is -2.21. The number of rotatable bonds is 9. The number of nitrogens with zero attached hydrogens (tertiary/aromatic N) is 2. The quantitative estimate of drug-likeness (QED) is 0.235. The van der Waals surface area contributed by atoms with Crippen LogP contribution in [0.4, 0.5) is 5.69 Å². The fourth-order valence-corrected chi connectivity index (χ4v) is 2.23. The number of amidine groups is 1. The number of ether oxygens (including phenoxy) is 3. The molecule has 7 heteroatoms. The monoisotopic (exact) mass is 359 g/mol. The summed E-state index contributed by atoms with van der Waals surface area (Å²) in [5, 5.41) is 10.3. The second-order valence-electron chi connectivity index (χ2n) is 5.27. The van der Waals surface area contributed by atoms with Gasteiger partial charge in [0.2, 0.25) is 0 Å². The maximum Gasteiger partial charge on any atom is 0.152 e. The van der Waals surface area contributed by atoms with E-state index in [0.29, 0.717) is 18.2 Å². The third-order valence-corrected chi connectivity index (χ3v) is 3.56. The Hall–Kier alpha value is -2.61. The Bertz CT molecular complexity index is 687. The minimum Gasteiger partial charge on any atom is -0.497 e. The van der Waals surface area contributed by atoms with Gasteiger partial charge in [0.25, 0.3) is 0 Å². The van der Waals surface area contributed by atoms with Crippen LogP contribution in [-0.4, -0.2) is 44.6 Å². The molecule has 3 N–H and O–H groups in total. The summed E-state index contributed by atoms with van der Waals surface area (Å²) in [4.78, 5) is 4.48. The van der Waals surface area contributed by atoms with Crippen LogP contribution in [-0.2, 0) is 4.74 Å². The van der Waals surface area contributed by atoms with Gasteiger partial charge in [-0.25, -0.2) is 10.8 Å². The summed E-state index contributed by atoms with van der Waals surface area (Å²) in [6.07, 6.45) is 0. The summed E-state index contributed by atoms with van der Waals surface area (Å²) < 4.78 is 15.9.